The molecule has 0 amide bonds. The van der Waals surface area contributed by atoms with Gasteiger partial charge in [-0.1, -0.05) is 58.9 Å². The molecule has 3 rings (SSSR count). The molecule has 8 heteroatoms. The maximum Gasteiger partial charge on any atom is 0.303 e. The van der Waals surface area contributed by atoms with Crippen LogP contribution in [0.5, 0.6) is 11.5 Å². The van der Waals surface area contributed by atoms with Crippen LogP contribution >= 0.6 is 0 Å². The van der Waals surface area contributed by atoms with Crippen molar-refractivity contribution in [1.82, 2.24) is 0 Å². The van der Waals surface area contributed by atoms with Gasteiger partial charge >= 0.3 is 11.9 Å². The molecule has 0 bridgehead atoms. The van der Waals surface area contributed by atoms with Gasteiger partial charge in [0, 0.05) is 25.7 Å². The largest absolute Gasteiger partial charge is 0.541 e. The van der Waals surface area contributed by atoms with Crippen molar-refractivity contribution >= 4 is 31.0 Å². The van der Waals surface area contributed by atoms with E-state index in [1.807, 2.05) is 44.2 Å². The first kappa shape index (κ1) is 28.0. The van der Waals surface area contributed by atoms with Gasteiger partial charge in [0.15, 0.2) is 5.75 Å². The summed E-state index contributed by atoms with van der Waals surface area (Å²) in [7, 11) is -2.16. The first-order valence-corrected chi connectivity index (χ1v) is 15.4. The number of hydrogen-bond donors (Lipinski definition) is 0. The van der Waals surface area contributed by atoms with E-state index in [9.17, 15) is 9.59 Å². The second kappa shape index (κ2) is 10.8. The summed E-state index contributed by atoms with van der Waals surface area (Å²) in [5.41, 5.74) is 0. The molecule has 1 heterocycles. The van der Waals surface area contributed by atoms with Gasteiger partial charge in [0.1, 0.15) is 24.6 Å². The lowest BCUT2D eigenvalue weighted by Crippen LogP contribution is -2.54. The van der Waals surface area contributed by atoms with Crippen LogP contribution in [-0.4, -0.2) is 45.4 Å². The number of rotatable bonds is 7. The van der Waals surface area contributed by atoms with Crippen LogP contribution in [0.15, 0.2) is 36.4 Å². The van der Waals surface area contributed by atoms with Crippen molar-refractivity contribution < 1.29 is 33.0 Å². The summed E-state index contributed by atoms with van der Waals surface area (Å²) >= 11 is 0. The van der Waals surface area contributed by atoms with Crippen molar-refractivity contribution in [2.75, 3.05) is 6.61 Å². The standard InChI is InChI=1S/C28H40O7Si/c1-17-18(2)27(34-25(16-31-19(3)29)26(17)32-20(4)30)33-23-14-21-12-10-11-13-22(21)15-24(23)35-36(8,9)28(5,6)7/h10-15,17-18,25-27H,16H2,1-9H3/t17-,18-,25-,26-,27-/m1/s1. The van der Waals surface area contributed by atoms with Crippen LogP contribution in [0, 0.1) is 11.8 Å². The van der Waals surface area contributed by atoms with E-state index in [4.69, 9.17) is 23.4 Å². The average Bonchev–Trinajstić information content (AvgIpc) is 2.76. The fourth-order valence-electron chi connectivity index (χ4n) is 4.03. The Labute approximate surface area is 215 Å². The fraction of sp³-hybridized carbons (Fsp3) is 0.571. The molecule has 0 saturated carbocycles. The van der Waals surface area contributed by atoms with Gasteiger partial charge in [0.2, 0.25) is 6.29 Å². The van der Waals surface area contributed by atoms with Gasteiger partial charge in [0.25, 0.3) is 8.32 Å². The molecule has 1 aliphatic rings. The SMILES string of the molecule is CC(=O)OC[C@H]1O[C@@H](Oc2cc3ccccc3cc2O[Si](C)(C)C(C)(C)C)[C@H](C)[C@@H](C)[C@H]1OC(C)=O. The van der Waals surface area contributed by atoms with Crippen LogP contribution in [0.1, 0.15) is 48.5 Å². The molecule has 36 heavy (non-hydrogen) atoms. The van der Waals surface area contributed by atoms with Gasteiger partial charge in [-0.3, -0.25) is 9.59 Å². The third-order valence-electron chi connectivity index (χ3n) is 7.43. The first-order valence-electron chi connectivity index (χ1n) is 12.5. The number of esters is 2. The number of fused-ring (bicyclic) bond motifs is 1. The lowest BCUT2D eigenvalue weighted by atomic mass is 9.84. The normalized spacial score (nSPS) is 24.8. The Balaban J connectivity index is 1.97. The van der Waals surface area contributed by atoms with E-state index in [1.54, 1.807) is 0 Å². The van der Waals surface area contributed by atoms with Crippen LogP contribution in [0.4, 0.5) is 0 Å². The van der Waals surface area contributed by atoms with E-state index in [2.05, 4.69) is 39.9 Å². The predicted molar refractivity (Wildman–Crippen MR) is 142 cm³/mol. The molecule has 0 spiro atoms. The van der Waals surface area contributed by atoms with Gasteiger partial charge in [-0.15, -0.1) is 0 Å². The Morgan fingerprint density at radius 3 is 2.06 bits per heavy atom. The molecule has 1 aliphatic heterocycles. The van der Waals surface area contributed by atoms with E-state index in [1.165, 1.54) is 13.8 Å². The van der Waals surface area contributed by atoms with Crippen LogP contribution < -0.4 is 9.16 Å². The minimum atomic E-state index is -2.16. The van der Waals surface area contributed by atoms with Crippen LogP contribution in [0.3, 0.4) is 0 Å². The summed E-state index contributed by atoms with van der Waals surface area (Å²) in [6, 6.07) is 12.1. The molecule has 2 aromatic rings. The third kappa shape index (κ3) is 6.40. The van der Waals surface area contributed by atoms with Crippen molar-refractivity contribution in [1.29, 1.82) is 0 Å². The van der Waals surface area contributed by atoms with Crippen LogP contribution in [-0.2, 0) is 23.8 Å². The summed E-state index contributed by atoms with van der Waals surface area (Å²) < 4.78 is 30.3. The highest BCUT2D eigenvalue weighted by atomic mass is 28.4. The highest BCUT2D eigenvalue weighted by molar-refractivity contribution is 6.74. The Morgan fingerprint density at radius 2 is 1.53 bits per heavy atom. The second-order valence-corrected chi connectivity index (χ2v) is 16.0. The molecular weight excluding hydrogens is 476 g/mol. The summed E-state index contributed by atoms with van der Waals surface area (Å²) in [5, 5.41) is 2.10. The molecule has 2 aromatic carbocycles. The Kier molecular flexibility index (Phi) is 8.40. The topological polar surface area (TPSA) is 80.3 Å². The molecule has 7 nitrogen and oxygen atoms in total. The predicted octanol–water partition coefficient (Wildman–Crippen LogP) is 6.09. The van der Waals surface area contributed by atoms with Crippen molar-refractivity contribution in [3.63, 3.8) is 0 Å². The molecular formula is C28H40O7Si. The molecule has 5 atom stereocenters. The molecule has 0 aliphatic carbocycles. The van der Waals surface area contributed by atoms with Crippen LogP contribution in [0.2, 0.25) is 18.1 Å². The highest BCUT2D eigenvalue weighted by Gasteiger charge is 2.46. The number of benzene rings is 2. The van der Waals surface area contributed by atoms with E-state index < -0.39 is 38.8 Å². The van der Waals surface area contributed by atoms with Gasteiger partial charge < -0.3 is 23.4 Å². The van der Waals surface area contributed by atoms with Crippen molar-refractivity contribution in [2.45, 2.75) is 85.1 Å². The van der Waals surface area contributed by atoms with E-state index in [0.29, 0.717) is 11.5 Å². The maximum absolute atomic E-state index is 11.8. The van der Waals surface area contributed by atoms with E-state index in [-0.39, 0.29) is 23.5 Å². The monoisotopic (exact) mass is 516 g/mol. The molecule has 1 saturated heterocycles. The van der Waals surface area contributed by atoms with E-state index >= 15 is 0 Å². The highest BCUT2D eigenvalue weighted by Crippen LogP contribution is 2.43. The van der Waals surface area contributed by atoms with E-state index in [0.717, 1.165) is 10.8 Å². The van der Waals surface area contributed by atoms with Gasteiger partial charge in [-0.25, -0.2) is 0 Å². The first-order chi connectivity index (χ1) is 16.7. The number of carbonyl (C=O) groups excluding carboxylic acids is 2. The molecule has 0 aromatic heterocycles. The van der Waals surface area contributed by atoms with Gasteiger partial charge in [0.05, 0.1) is 0 Å². The lowest BCUT2D eigenvalue weighted by molar-refractivity contribution is -0.248. The van der Waals surface area contributed by atoms with Crippen molar-refractivity contribution in [3.05, 3.63) is 36.4 Å². The molecule has 0 N–H and O–H groups in total. The Hall–Kier alpha value is -2.58. The smallest absolute Gasteiger partial charge is 0.303 e. The second-order valence-electron chi connectivity index (χ2n) is 11.3. The maximum atomic E-state index is 11.8. The zero-order valence-corrected chi connectivity index (χ0v) is 23.9. The summed E-state index contributed by atoms with van der Waals surface area (Å²) in [6.07, 6.45) is -1.87. The zero-order valence-electron chi connectivity index (χ0n) is 22.9. The molecule has 0 unspecified atom stereocenters. The van der Waals surface area contributed by atoms with Crippen molar-refractivity contribution in [2.24, 2.45) is 11.8 Å². The van der Waals surface area contributed by atoms with Crippen molar-refractivity contribution in [3.8, 4) is 11.5 Å². The summed E-state index contributed by atoms with van der Waals surface area (Å²) in [4.78, 5) is 23.3. The zero-order chi connectivity index (χ0) is 26.8. The average molecular weight is 517 g/mol. The quantitative estimate of drug-likeness (QED) is 0.325. The molecule has 0 radical (unpaired) electrons. The number of hydrogen-bond acceptors (Lipinski definition) is 7. The minimum Gasteiger partial charge on any atom is -0.541 e. The van der Waals surface area contributed by atoms with Gasteiger partial charge in [-0.2, -0.15) is 0 Å². The number of carbonyl (C=O) groups is 2. The van der Waals surface area contributed by atoms with Crippen LogP contribution in [0.25, 0.3) is 10.8 Å². The minimum absolute atomic E-state index is 0.00539. The van der Waals surface area contributed by atoms with Gasteiger partial charge in [-0.05, 0) is 41.0 Å². The fourth-order valence-corrected chi connectivity index (χ4v) is 5.04. The Bertz CT molecular complexity index is 1090. The summed E-state index contributed by atoms with van der Waals surface area (Å²) in [5.74, 6) is 0.230. The Morgan fingerprint density at radius 1 is 0.944 bits per heavy atom. The summed E-state index contributed by atoms with van der Waals surface area (Å²) in [6.45, 7) is 17.7. The lowest BCUT2D eigenvalue weighted by Gasteiger charge is -2.43. The number of ether oxygens (including phenoxy) is 4. The third-order valence-corrected chi connectivity index (χ3v) is 11.8. The molecule has 198 valence electrons. The molecule has 1 fully saturated rings.